The third kappa shape index (κ3) is 3.69. The number of hydrogen-bond donors (Lipinski definition) is 1. The molecule has 0 heterocycles. The van der Waals surface area contributed by atoms with Gasteiger partial charge in [0.2, 0.25) is 0 Å². The Morgan fingerprint density at radius 3 is 2.71 bits per heavy atom. The lowest BCUT2D eigenvalue weighted by atomic mass is 10.1. The summed E-state index contributed by atoms with van der Waals surface area (Å²) in [5.74, 6) is 0. The maximum absolute atomic E-state index is 3.82. The minimum absolute atomic E-state index is 0.440. The van der Waals surface area contributed by atoms with E-state index in [1.54, 1.807) is 0 Å². The van der Waals surface area contributed by atoms with Gasteiger partial charge in [-0.05, 0) is 25.5 Å². The molecular weight excluding hydrogens is 208 g/mol. The van der Waals surface area contributed by atoms with Crippen molar-refractivity contribution >= 4 is 0 Å². The van der Waals surface area contributed by atoms with Crippen molar-refractivity contribution in [3.63, 3.8) is 0 Å². The van der Waals surface area contributed by atoms with E-state index in [-0.39, 0.29) is 0 Å². The van der Waals surface area contributed by atoms with E-state index in [4.69, 9.17) is 0 Å². The van der Waals surface area contributed by atoms with Gasteiger partial charge in [0.05, 0.1) is 0 Å². The summed E-state index contributed by atoms with van der Waals surface area (Å²) < 4.78 is 0. The van der Waals surface area contributed by atoms with Crippen molar-refractivity contribution in [3.05, 3.63) is 48.6 Å². The van der Waals surface area contributed by atoms with Crippen molar-refractivity contribution in [1.29, 1.82) is 0 Å². The molecule has 17 heavy (non-hydrogen) atoms. The van der Waals surface area contributed by atoms with Gasteiger partial charge in [-0.25, -0.2) is 0 Å². The monoisotopic (exact) mass is 230 g/mol. The molecule has 1 atom stereocenters. The summed E-state index contributed by atoms with van der Waals surface area (Å²) in [7, 11) is 2.16. The summed E-state index contributed by atoms with van der Waals surface area (Å²) in [6, 6.07) is 11.9. The van der Waals surface area contributed by atoms with Gasteiger partial charge in [-0.1, -0.05) is 36.4 Å². The second kappa shape index (κ2) is 5.99. The summed E-state index contributed by atoms with van der Waals surface area (Å²) in [4.78, 5) is 2.34. The average molecular weight is 230 g/mol. The zero-order valence-corrected chi connectivity index (χ0v) is 10.6. The summed E-state index contributed by atoms with van der Waals surface area (Å²) in [6.45, 7) is 5.77. The summed E-state index contributed by atoms with van der Waals surface area (Å²) in [5.41, 5.74) is 1.38. The van der Waals surface area contributed by atoms with Crippen LogP contribution in [0.2, 0.25) is 0 Å². The van der Waals surface area contributed by atoms with Crippen LogP contribution in [0.25, 0.3) is 0 Å². The van der Waals surface area contributed by atoms with Crippen molar-refractivity contribution in [3.8, 4) is 0 Å². The van der Waals surface area contributed by atoms with Crippen molar-refractivity contribution in [1.82, 2.24) is 10.2 Å². The van der Waals surface area contributed by atoms with Crippen LogP contribution in [0.1, 0.15) is 24.4 Å². The topological polar surface area (TPSA) is 15.3 Å². The highest BCUT2D eigenvalue weighted by Gasteiger charge is 2.23. The third-order valence-corrected chi connectivity index (χ3v) is 3.31. The zero-order chi connectivity index (χ0) is 12.1. The van der Waals surface area contributed by atoms with Gasteiger partial charge in [0.25, 0.3) is 0 Å². The predicted molar refractivity (Wildman–Crippen MR) is 73.0 cm³/mol. The van der Waals surface area contributed by atoms with Gasteiger partial charge >= 0.3 is 0 Å². The molecule has 92 valence electrons. The SMILES string of the molecule is C=CCN(C)C(CNC1CC1)c1ccccc1. The van der Waals surface area contributed by atoms with Crippen molar-refractivity contribution in [2.75, 3.05) is 20.1 Å². The van der Waals surface area contributed by atoms with E-state index < -0.39 is 0 Å². The molecule has 2 rings (SSSR count). The number of rotatable bonds is 7. The summed E-state index contributed by atoms with van der Waals surface area (Å²) in [6.07, 6.45) is 4.65. The highest BCUT2D eigenvalue weighted by Crippen LogP contribution is 2.22. The van der Waals surface area contributed by atoms with E-state index in [0.717, 1.165) is 19.1 Å². The molecule has 1 unspecified atom stereocenters. The van der Waals surface area contributed by atoms with Gasteiger partial charge < -0.3 is 5.32 Å². The Hall–Kier alpha value is -1.12. The molecule has 1 N–H and O–H groups in total. The van der Waals surface area contributed by atoms with Crippen LogP contribution < -0.4 is 5.32 Å². The molecule has 0 bridgehead atoms. The van der Waals surface area contributed by atoms with Crippen LogP contribution in [0.3, 0.4) is 0 Å². The molecule has 1 aromatic rings. The minimum Gasteiger partial charge on any atom is -0.312 e. The van der Waals surface area contributed by atoms with E-state index in [0.29, 0.717) is 6.04 Å². The van der Waals surface area contributed by atoms with Crippen LogP contribution >= 0.6 is 0 Å². The predicted octanol–water partition coefficient (Wildman–Crippen LogP) is 2.60. The van der Waals surface area contributed by atoms with Gasteiger partial charge in [0, 0.05) is 25.2 Å². The van der Waals surface area contributed by atoms with Gasteiger partial charge in [0.1, 0.15) is 0 Å². The highest BCUT2D eigenvalue weighted by molar-refractivity contribution is 5.19. The molecule has 1 saturated carbocycles. The molecule has 0 amide bonds. The molecule has 2 nitrogen and oxygen atoms in total. The lowest BCUT2D eigenvalue weighted by molar-refractivity contribution is 0.261. The number of benzene rings is 1. The fourth-order valence-electron chi connectivity index (χ4n) is 2.10. The van der Waals surface area contributed by atoms with Gasteiger partial charge in [-0.2, -0.15) is 0 Å². The fraction of sp³-hybridized carbons (Fsp3) is 0.467. The Kier molecular flexibility index (Phi) is 4.35. The Bertz CT molecular complexity index is 343. The smallest absolute Gasteiger partial charge is 0.0473 e. The first-order valence-electron chi connectivity index (χ1n) is 6.40. The van der Waals surface area contributed by atoms with Crippen LogP contribution in [0.15, 0.2) is 43.0 Å². The maximum atomic E-state index is 3.82. The van der Waals surface area contributed by atoms with Crippen molar-refractivity contribution < 1.29 is 0 Å². The molecule has 1 aromatic carbocycles. The van der Waals surface area contributed by atoms with Crippen LogP contribution in [0.4, 0.5) is 0 Å². The molecular formula is C15H22N2. The standard InChI is InChI=1S/C15H22N2/c1-3-11-17(2)15(12-16-14-9-10-14)13-7-5-4-6-8-13/h3-8,14-16H,1,9-12H2,2H3. The Morgan fingerprint density at radius 2 is 2.12 bits per heavy atom. The first-order valence-corrected chi connectivity index (χ1v) is 6.40. The Labute approximate surface area is 104 Å². The maximum Gasteiger partial charge on any atom is 0.0473 e. The highest BCUT2D eigenvalue weighted by atomic mass is 15.2. The van der Waals surface area contributed by atoms with Gasteiger partial charge in [-0.15, -0.1) is 6.58 Å². The molecule has 0 saturated heterocycles. The molecule has 0 aromatic heterocycles. The molecule has 2 heteroatoms. The molecule has 0 radical (unpaired) electrons. The van der Waals surface area contributed by atoms with Crippen LogP contribution in [0, 0.1) is 0 Å². The van der Waals surface area contributed by atoms with Crippen LogP contribution in [0.5, 0.6) is 0 Å². The van der Waals surface area contributed by atoms with E-state index in [1.165, 1.54) is 18.4 Å². The molecule has 0 spiro atoms. The number of nitrogens with one attached hydrogen (secondary N) is 1. The molecule has 1 aliphatic carbocycles. The second-order valence-electron chi connectivity index (χ2n) is 4.84. The van der Waals surface area contributed by atoms with Crippen molar-refractivity contribution in [2.24, 2.45) is 0 Å². The number of nitrogens with zero attached hydrogens (tertiary/aromatic N) is 1. The van der Waals surface area contributed by atoms with E-state index in [1.807, 2.05) is 6.08 Å². The third-order valence-electron chi connectivity index (χ3n) is 3.31. The number of hydrogen-bond acceptors (Lipinski definition) is 2. The normalized spacial score (nSPS) is 17.1. The summed E-state index contributed by atoms with van der Waals surface area (Å²) in [5, 5.41) is 3.62. The average Bonchev–Trinajstić information content (AvgIpc) is 3.15. The lowest BCUT2D eigenvalue weighted by Gasteiger charge is -2.28. The van der Waals surface area contributed by atoms with Gasteiger partial charge in [0.15, 0.2) is 0 Å². The second-order valence-corrected chi connectivity index (χ2v) is 4.84. The quantitative estimate of drug-likeness (QED) is 0.724. The van der Waals surface area contributed by atoms with E-state index >= 15 is 0 Å². The first kappa shape index (κ1) is 12.3. The fourth-order valence-corrected chi connectivity index (χ4v) is 2.10. The minimum atomic E-state index is 0.440. The summed E-state index contributed by atoms with van der Waals surface area (Å²) >= 11 is 0. The Balaban J connectivity index is 2.02. The van der Waals surface area contributed by atoms with Crippen molar-refractivity contribution in [2.45, 2.75) is 24.9 Å². The molecule has 1 fully saturated rings. The lowest BCUT2D eigenvalue weighted by Crippen LogP contribution is -2.34. The largest absolute Gasteiger partial charge is 0.312 e. The van der Waals surface area contributed by atoms with E-state index in [2.05, 4.69) is 54.2 Å². The molecule has 1 aliphatic rings. The molecule has 0 aliphatic heterocycles. The van der Waals surface area contributed by atoms with Crippen LogP contribution in [-0.4, -0.2) is 31.1 Å². The van der Waals surface area contributed by atoms with Crippen LogP contribution in [-0.2, 0) is 0 Å². The zero-order valence-electron chi connectivity index (χ0n) is 10.6. The van der Waals surface area contributed by atoms with E-state index in [9.17, 15) is 0 Å². The number of likely N-dealkylation sites (N-methyl/N-ethyl adjacent to an activating group) is 1. The Morgan fingerprint density at radius 1 is 1.41 bits per heavy atom. The van der Waals surface area contributed by atoms with Gasteiger partial charge in [-0.3, -0.25) is 4.90 Å². The first-order chi connectivity index (χ1) is 8.31.